The van der Waals surface area contributed by atoms with E-state index >= 15 is 0 Å². The lowest BCUT2D eigenvalue weighted by atomic mass is 10.0. The molecule has 0 atom stereocenters. The molecule has 3 aromatic rings. The summed E-state index contributed by atoms with van der Waals surface area (Å²) in [6, 6.07) is 10.2. The number of piperazine rings is 1. The Bertz CT molecular complexity index is 1270. The maximum Gasteiger partial charge on any atom is 0.416 e. The number of benzene rings is 2. The molecule has 0 radical (unpaired) electrons. The number of rotatable bonds is 6. The van der Waals surface area contributed by atoms with E-state index in [0.717, 1.165) is 34.2 Å². The van der Waals surface area contributed by atoms with E-state index in [0.29, 0.717) is 18.8 Å². The Labute approximate surface area is 226 Å². The van der Waals surface area contributed by atoms with Gasteiger partial charge in [-0.3, -0.25) is 9.47 Å². The Balaban J connectivity index is 1.43. The molecule has 2 amide bonds. The summed E-state index contributed by atoms with van der Waals surface area (Å²) >= 11 is 2.11. The quantitative estimate of drug-likeness (QED) is 0.342. The van der Waals surface area contributed by atoms with E-state index in [2.05, 4.69) is 43.1 Å². The molecule has 1 aliphatic rings. The average Bonchev–Trinajstić information content (AvgIpc) is 3.21. The van der Waals surface area contributed by atoms with Gasteiger partial charge in [0, 0.05) is 49.8 Å². The van der Waals surface area contributed by atoms with E-state index in [-0.39, 0.29) is 17.8 Å². The van der Waals surface area contributed by atoms with Crippen LogP contribution in [0.1, 0.15) is 16.8 Å². The molecule has 0 unspecified atom stereocenters. The Kier molecular flexibility index (Phi) is 8.39. The summed E-state index contributed by atoms with van der Waals surface area (Å²) in [5.74, 6) is 0. The fourth-order valence-corrected chi connectivity index (χ4v) is 4.65. The van der Waals surface area contributed by atoms with Crippen molar-refractivity contribution in [3.05, 3.63) is 75.5 Å². The van der Waals surface area contributed by atoms with Gasteiger partial charge in [0.05, 0.1) is 11.3 Å². The lowest BCUT2D eigenvalue weighted by molar-refractivity contribution is -0.138. The number of anilines is 2. The third kappa shape index (κ3) is 6.81. The first-order valence-electron chi connectivity index (χ1n) is 11.5. The summed E-state index contributed by atoms with van der Waals surface area (Å²) in [6.07, 6.45) is 0.298. The van der Waals surface area contributed by atoms with Crippen LogP contribution >= 0.6 is 22.6 Å². The number of nitrogens with one attached hydrogen (secondary N) is 2. The van der Waals surface area contributed by atoms with Crippen molar-refractivity contribution in [1.29, 1.82) is 0 Å². The van der Waals surface area contributed by atoms with Gasteiger partial charge < -0.3 is 21.3 Å². The first-order valence-corrected chi connectivity index (χ1v) is 12.6. The first kappa shape index (κ1) is 26.9. The molecule has 12 heteroatoms. The third-order valence-electron chi connectivity index (χ3n) is 6.08. The Morgan fingerprint density at radius 2 is 1.73 bits per heavy atom. The van der Waals surface area contributed by atoms with Crippen molar-refractivity contribution in [2.24, 2.45) is 5.73 Å². The standard InChI is InChI=1S/C25H27F3IN7O/c1-34-10-12-35(13-11-34)15-17-2-3-19(14-21(17)25(26,27)28)33-24(37)32-18-4-6-20(7-5-18)36-16-31-23(29)22(36)8-9-30/h2-9,14,16H,10-13,15,30H2,1H3,(H2,32,33,37)/b9-8-. The van der Waals surface area contributed by atoms with Crippen LogP contribution < -0.4 is 16.4 Å². The molecule has 0 bridgehead atoms. The highest BCUT2D eigenvalue weighted by Gasteiger charge is 2.34. The van der Waals surface area contributed by atoms with Crippen molar-refractivity contribution in [2.45, 2.75) is 12.7 Å². The van der Waals surface area contributed by atoms with Gasteiger partial charge in [-0.05, 0) is 83.9 Å². The summed E-state index contributed by atoms with van der Waals surface area (Å²) in [5, 5.41) is 5.16. The number of aromatic nitrogens is 2. The van der Waals surface area contributed by atoms with Gasteiger partial charge in [-0.15, -0.1) is 0 Å². The van der Waals surface area contributed by atoms with E-state index in [4.69, 9.17) is 5.73 Å². The van der Waals surface area contributed by atoms with Crippen molar-refractivity contribution in [1.82, 2.24) is 19.4 Å². The zero-order chi connectivity index (χ0) is 26.6. The molecule has 0 aliphatic carbocycles. The molecule has 1 aromatic heterocycles. The van der Waals surface area contributed by atoms with Crippen LogP contribution in [0.15, 0.2) is 55.0 Å². The van der Waals surface area contributed by atoms with Crippen LogP contribution in [0.3, 0.4) is 0 Å². The molecular weight excluding hydrogens is 598 g/mol. The minimum atomic E-state index is -4.53. The number of nitrogens with zero attached hydrogens (tertiary/aromatic N) is 4. The fraction of sp³-hybridized carbons (Fsp3) is 0.280. The Hall–Kier alpha value is -3.10. The van der Waals surface area contributed by atoms with Gasteiger partial charge in [-0.25, -0.2) is 9.78 Å². The highest BCUT2D eigenvalue weighted by molar-refractivity contribution is 14.1. The fourth-order valence-electron chi connectivity index (χ4n) is 4.08. The molecule has 1 saturated heterocycles. The number of nitrogens with two attached hydrogens (primary N) is 1. The zero-order valence-corrected chi connectivity index (χ0v) is 22.3. The number of hydrogen-bond donors (Lipinski definition) is 3. The average molecular weight is 625 g/mol. The number of hydrogen-bond acceptors (Lipinski definition) is 5. The molecule has 196 valence electrons. The normalized spacial score (nSPS) is 15.3. The SMILES string of the molecule is CN1CCN(Cc2ccc(NC(=O)Nc3ccc(-n4cnc(I)c4/C=C\N)cc3)cc2C(F)(F)F)CC1. The number of alkyl halides is 3. The van der Waals surface area contributed by atoms with E-state index < -0.39 is 17.8 Å². The molecular formula is C25H27F3IN7O. The van der Waals surface area contributed by atoms with Crippen LogP contribution in [0.2, 0.25) is 0 Å². The van der Waals surface area contributed by atoms with Crippen molar-refractivity contribution in [2.75, 3.05) is 43.9 Å². The highest BCUT2D eigenvalue weighted by Crippen LogP contribution is 2.34. The van der Waals surface area contributed by atoms with Crippen molar-refractivity contribution in [3.63, 3.8) is 0 Å². The van der Waals surface area contributed by atoms with Crippen LogP contribution in [-0.2, 0) is 12.7 Å². The molecule has 4 rings (SSSR count). The van der Waals surface area contributed by atoms with Crippen molar-refractivity contribution >= 4 is 46.1 Å². The topological polar surface area (TPSA) is 91.5 Å². The number of likely N-dealkylation sites (N-methyl/N-ethyl adjacent to an activating group) is 1. The van der Waals surface area contributed by atoms with E-state index in [1.165, 1.54) is 18.3 Å². The smallest absolute Gasteiger partial charge is 0.405 e. The highest BCUT2D eigenvalue weighted by atomic mass is 127. The number of imidazole rings is 1. The Morgan fingerprint density at radius 3 is 2.38 bits per heavy atom. The molecule has 0 spiro atoms. The van der Waals surface area contributed by atoms with Crippen LogP contribution in [-0.4, -0.2) is 58.6 Å². The third-order valence-corrected chi connectivity index (χ3v) is 6.91. The summed E-state index contributed by atoms with van der Waals surface area (Å²) in [4.78, 5) is 20.9. The molecule has 1 fully saturated rings. The summed E-state index contributed by atoms with van der Waals surface area (Å²) in [7, 11) is 2.00. The molecule has 8 nitrogen and oxygen atoms in total. The largest absolute Gasteiger partial charge is 0.416 e. The van der Waals surface area contributed by atoms with Crippen LogP contribution in [0, 0.1) is 3.70 Å². The number of amides is 2. The lowest BCUT2D eigenvalue weighted by Crippen LogP contribution is -2.44. The summed E-state index contributed by atoms with van der Waals surface area (Å²) in [5.41, 5.74) is 7.14. The predicted octanol–water partition coefficient (Wildman–Crippen LogP) is 4.82. The molecule has 1 aliphatic heterocycles. The van der Waals surface area contributed by atoms with Crippen LogP contribution in [0.4, 0.5) is 29.3 Å². The number of halogens is 4. The van der Waals surface area contributed by atoms with Gasteiger partial charge in [0.15, 0.2) is 0 Å². The molecule has 37 heavy (non-hydrogen) atoms. The number of urea groups is 1. The minimum absolute atomic E-state index is 0.0646. The maximum absolute atomic E-state index is 13.8. The number of carbonyl (C=O) groups excluding carboxylic acids is 1. The predicted molar refractivity (Wildman–Crippen MR) is 146 cm³/mol. The molecule has 2 aromatic carbocycles. The van der Waals surface area contributed by atoms with E-state index in [1.54, 1.807) is 36.7 Å². The van der Waals surface area contributed by atoms with Gasteiger partial charge in [0.25, 0.3) is 0 Å². The van der Waals surface area contributed by atoms with E-state index in [9.17, 15) is 18.0 Å². The van der Waals surface area contributed by atoms with Crippen LogP contribution in [0.5, 0.6) is 0 Å². The van der Waals surface area contributed by atoms with Gasteiger partial charge in [0.2, 0.25) is 0 Å². The van der Waals surface area contributed by atoms with Crippen molar-refractivity contribution in [3.8, 4) is 5.69 Å². The van der Waals surface area contributed by atoms with Gasteiger partial charge in [-0.1, -0.05) is 6.07 Å². The molecule has 4 N–H and O–H groups in total. The zero-order valence-electron chi connectivity index (χ0n) is 20.1. The van der Waals surface area contributed by atoms with Gasteiger partial charge in [-0.2, -0.15) is 13.2 Å². The summed E-state index contributed by atoms with van der Waals surface area (Å²) < 4.78 is 44.1. The van der Waals surface area contributed by atoms with Gasteiger partial charge in [0.1, 0.15) is 10.0 Å². The summed E-state index contributed by atoms with van der Waals surface area (Å²) in [6.45, 7) is 3.26. The van der Waals surface area contributed by atoms with Gasteiger partial charge >= 0.3 is 12.2 Å². The monoisotopic (exact) mass is 625 g/mol. The van der Waals surface area contributed by atoms with Crippen molar-refractivity contribution < 1.29 is 18.0 Å². The second-order valence-electron chi connectivity index (χ2n) is 8.72. The first-order chi connectivity index (χ1) is 17.6. The second-order valence-corrected chi connectivity index (χ2v) is 9.75. The number of carbonyl (C=O) groups is 1. The van der Waals surface area contributed by atoms with Crippen LogP contribution in [0.25, 0.3) is 11.8 Å². The Morgan fingerprint density at radius 1 is 1.08 bits per heavy atom. The second kappa shape index (κ2) is 11.5. The molecule has 0 saturated carbocycles. The lowest BCUT2D eigenvalue weighted by Gasteiger charge is -2.33. The molecule has 2 heterocycles. The minimum Gasteiger partial charge on any atom is -0.405 e. The maximum atomic E-state index is 13.8. The van der Waals surface area contributed by atoms with E-state index in [1.807, 2.05) is 16.5 Å².